The van der Waals surface area contributed by atoms with Gasteiger partial charge in [0.1, 0.15) is 17.4 Å². The number of methoxy groups -OCH3 is 1. The van der Waals surface area contributed by atoms with Gasteiger partial charge in [0.05, 0.1) is 28.7 Å². The number of aromatic nitrogens is 3. The van der Waals surface area contributed by atoms with Crippen LogP contribution in [0.15, 0.2) is 82.6 Å². The number of pyridine rings is 1. The normalized spacial score (nSPS) is 17.8. The van der Waals surface area contributed by atoms with Crippen molar-refractivity contribution in [1.29, 1.82) is 0 Å². The van der Waals surface area contributed by atoms with Crippen LogP contribution in [-0.4, -0.2) is 48.0 Å². The van der Waals surface area contributed by atoms with Gasteiger partial charge >= 0.3 is 0 Å². The molecule has 0 bridgehead atoms. The monoisotopic (exact) mass is 519 g/mol. The Morgan fingerprint density at radius 1 is 0.892 bits per heavy atom. The molecule has 192 valence electrons. The maximum absolute atomic E-state index is 13.4. The molecule has 0 unspecified atom stereocenters. The first-order chi connectivity index (χ1) is 17.9. The number of nitrogens with one attached hydrogen (secondary N) is 3. The first-order valence-electron chi connectivity index (χ1n) is 12.1. The van der Waals surface area contributed by atoms with Crippen molar-refractivity contribution in [2.24, 2.45) is 0 Å². The Bertz CT molecular complexity index is 1450. The molecule has 2 aromatic heterocycles. The summed E-state index contributed by atoms with van der Waals surface area (Å²) < 4.78 is 32.1. The SMILES string of the molecule is COc1ccc(-c2cc(Nc3cc(S(=O)(=O)c4ccccc4)cc(NC4CCC(O)CC4)n3)n[nH]2)cc1. The van der Waals surface area contributed by atoms with Gasteiger partial charge in [0.2, 0.25) is 9.84 Å². The highest BCUT2D eigenvalue weighted by Gasteiger charge is 2.23. The minimum absolute atomic E-state index is 0.102. The van der Waals surface area contributed by atoms with Crippen LogP contribution in [-0.2, 0) is 9.84 Å². The zero-order chi connectivity index (χ0) is 25.8. The molecule has 1 fully saturated rings. The summed E-state index contributed by atoms with van der Waals surface area (Å²) in [5.41, 5.74) is 1.72. The maximum atomic E-state index is 13.4. The summed E-state index contributed by atoms with van der Waals surface area (Å²) in [6.45, 7) is 0. The average Bonchev–Trinajstić information content (AvgIpc) is 3.39. The van der Waals surface area contributed by atoms with Gasteiger partial charge in [0.25, 0.3) is 0 Å². The molecular weight excluding hydrogens is 490 g/mol. The highest BCUT2D eigenvalue weighted by Crippen LogP contribution is 2.29. The summed E-state index contributed by atoms with van der Waals surface area (Å²) in [4.78, 5) is 4.97. The first-order valence-corrected chi connectivity index (χ1v) is 13.6. The van der Waals surface area contributed by atoms with Crippen LogP contribution in [0.2, 0.25) is 0 Å². The maximum Gasteiger partial charge on any atom is 0.206 e. The van der Waals surface area contributed by atoms with Gasteiger partial charge in [0, 0.05) is 18.2 Å². The van der Waals surface area contributed by atoms with E-state index in [1.165, 1.54) is 6.07 Å². The highest BCUT2D eigenvalue weighted by molar-refractivity contribution is 7.91. The van der Waals surface area contributed by atoms with Gasteiger partial charge in [-0.3, -0.25) is 5.10 Å². The van der Waals surface area contributed by atoms with Crippen LogP contribution >= 0.6 is 0 Å². The molecule has 10 heteroatoms. The molecule has 5 rings (SSSR count). The van der Waals surface area contributed by atoms with E-state index in [0.717, 1.165) is 29.8 Å². The summed E-state index contributed by atoms with van der Waals surface area (Å²) in [5.74, 6) is 2.06. The minimum Gasteiger partial charge on any atom is -0.497 e. The van der Waals surface area contributed by atoms with E-state index in [1.54, 1.807) is 43.5 Å². The number of rotatable bonds is 8. The van der Waals surface area contributed by atoms with E-state index in [9.17, 15) is 13.5 Å². The number of ether oxygens (including phenoxy) is 1. The van der Waals surface area contributed by atoms with E-state index in [2.05, 4.69) is 25.8 Å². The molecule has 0 saturated heterocycles. The molecule has 0 amide bonds. The second-order valence-corrected chi connectivity index (χ2v) is 11.0. The number of benzene rings is 2. The molecule has 1 aliphatic carbocycles. The van der Waals surface area contributed by atoms with Crippen LogP contribution in [0.3, 0.4) is 0 Å². The molecule has 2 aromatic carbocycles. The van der Waals surface area contributed by atoms with E-state index < -0.39 is 9.84 Å². The molecule has 0 radical (unpaired) electrons. The Balaban J connectivity index is 1.44. The Morgan fingerprint density at radius 2 is 1.59 bits per heavy atom. The van der Waals surface area contributed by atoms with Crippen LogP contribution in [0.1, 0.15) is 25.7 Å². The van der Waals surface area contributed by atoms with Crippen molar-refractivity contribution < 1.29 is 18.3 Å². The van der Waals surface area contributed by atoms with Crippen molar-refractivity contribution in [2.75, 3.05) is 17.7 Å². The van der Waals surface area contributed by atoms with Crippen molar-refractivity contribution >= 4 is 27.3 Å². The number of aromatic amines is 1. The zero-order valence-electron chi connectivity index (χ0n) is 20.4. The molecular formula is C27H29N5O4S. The highest BCUT2D eigenvalue weighted by atomic mass is 32.2. The standard InChI is InChI=1S/C27H29N5O4S/c1-36-21-13-7-18(8-14-21)24-17-27(32-31-24)30-26-16-23(37(34,35)22-5-3-2-4-6-22)15-25(29-26)28-19-9-11-20(33)12-10-19/h2-8,13-17,19-20,33H,9-12H2,1H3,(H3,28,29,30,31,32). The summed E-state index contributed by atoms with van der Waals surface area (Å²) in [6, 6.07) is 20.9. The smallest absolute Gasteiger partial charge is 0.206 e. The fourth-order valence-corrected chi connectivity index (χ4v) is 5.72. The van der Waals surface area contributed by atoms with Crippen molar-refractivity contribution in [1.82, 2.24) is 15.2 Å². The van der Waals surface area contributed by atoms with Gasteiger partial charge in [-0.15, -0.1) is 0 Å². The number of hydrogen-bond donors (Lipinski definition) is 4. The summed E-state index contributed by atoms with van der Waals surface area (Å²) >= 11 is 0. The van der Waals surface area contributed by atoms with E-state index in [0.29, 0.717) is 30.3 Å². The van der Waals surface area contributed by atoms with Crippen molar-refractivity contribution in [3.8, 4) is 17.0 Å². The van der Waals surface area contributed by atoms with Crippen LogP contribution in [0.4, 0.5) is 17.5 Å². The van der Waals surface area contributed by atoms with Gasteiger partial charge in [-0.1, -0.05) is 18.2 Å². The van der Waals surface area contributed by atoms with Crippen molar-refractivity contribution in [3.05, 3.63) is 72.8 Å². The van der Waals surface area contributed by atoms with Crippen molar-refractivity contribution in [2.45, 2.75) is 47.6 Å². The molecule has 0 aliphatic heterocycles. The number of aliphatic hydroxyl groups excluding tert-OH is 1. The lowest BCUT2D eigenvalue weighted by molar-refractivity contribution is 0.126. The number of aliphatic hydroxyl groups is 1. The van der Waals surface area contributed by atoms with E-state index in [-0.39, 0.29) is 21.9 Å². The molecule has 9 nitrogen and oxygen atoms in total. The second-order valence-electron chi connectivity index (χ2n) is 9.06. The average molecular weight is 520 g/mol. The summed E-state index contributed by atoms with van der Waals surface area (Å²) in [6.07, 6.45) is 2.68. The van der Waals surface area contributed by atoms with Gasteiger partial charge in [-0.25, -0.2) is 13.4 Å². The largest absolute Gasteiger partial charge is 0.497 e. The third-order valence-corrected chi connectivity index (χ3v) is 8.20. The number of H-pyrrole nitrogens is 1. The molecule has 0 spiro atoms. The molecule has 1 aliphatic rings. The van der Waals surface area contributed by atoms with Crippen molar-refractivity contribution in [3.63, 3.8) is 0 Å². The van der Waals surface area contributed by atoms with Gasteiger partial charge in [0.15, 0.2) is 5.82 Å². The number of anilines is 3. The first kappa shape index (κ1) is 24.8. The number of nitrogens with zero attached hydrogens (tertiary/aromatic N) is 2. The Kier molecular flexibility index (Phi) is 7.11. The predicted molar refractivity (Wildman–Crippen MR) is 142 cm³/mol. The van der Waals surface area contributed by atoms with Crippen LogP contribution in [0, 0.1) is 0 Å². The third kappa shape index (κ3) is 5.76. The molecule has 4 N–H and O–H groups in total. The van der Waals surface area contributed by atoms with E-state index in [1.807, 2.05) is 30.3 Å². The third-order valence-electron chi connectivity index (χ3n) is 6.45. The quantitative estimate of drug-likeness (QED) is 0.262. The zero-order valence-corrected chi connectivity index (χ0v) is 21.2. The molecule has 1 saturated carbocycles. The van der Waals surface area contributed by atoms with Gasteiger partial charge < -0.3 is 20.5 Å². The van der Waals surface area contributed by atoms with Gasteiger partial charge in [-0.05, 0) is 73.7 Å². The lowest BCUT2D eigenvalue weighted by atomic mass is 9.93. The fourth-order valence-electron chi connectivity index (χ4n) is 4.40. The molecule has 37 heavy (non-hydrogen) atoms. The Morgan fingerprint density at radius 3 is 2.30 bits per heavy atom. The summed E-state index contributed by atoms with van der Waals surface area (Å²) in [5, 5.41) is 23.7. The topological polar surface area (TPSA) is 129 Å². The Hall–Kier alpha value is -3.89. The Labute approximate surface area is 215 Å². The van der Waals surface area contributed by atoms with Crippen LogP contribution < -0.4 is 15.4 Å². The van der Waals surface area contributed by atoms with Crippen LogP contribution in [0.25, 0.3) is 11.3 Å². The lowest BCUT2D eigenvalue weighted by Crippen LogP contribution is -2.28. The van der Waals surface area contributed by atoms with E-state index in [4.69, 9.17) is 4.74 Å². The predicted octanol–water partition coefficient (Wildman–Crippen LogP) is 4.77. The number of sulfone groups is 1. The fraction of sp³-hybridized carbons (Fsp3) is 0.259. The second kappa shape index (κ2) is 10.6. The molecule has 0 atom stereocenters. The van der Waals surface area contributed by atoms with E-state index >= 15 is 0 Å². The van der Waals surface area contributed by atoms with Crippen LogP contribution in [0.5, 0.6) is 5.75 Å². The lowest BCUT2D eigenvalue weighted by Gasteiger charge is -2.26. The van der Waals surface area contributed by atoms with Gasteiger partial charge in [-0.2, -0.15) is 5.10 Å². The molecule has 4 aromatic rings. The summed E-state index contributed by atoms with van der Waals surface area (Å²) in [7, 11) is -2.15. The minimum atomic E-state index is -3.77. The number of hydrogen-bond acceptors (Lipinski definition) is 8. The molecule has 2 heterocycles.